The summed E-state index contributed by atoms with van der Waals surface area (Å²) in [5.41, 5.74) is 3.29. The van der Waals surface area contributed by atoms with E-state index in [1.807, 2.05) is 0 Å². The van der Waals surface area contributed by atoms with Crippen molar-refractivity contribution in [3.63, 3.8) is 0 Å². The molecule has 2 aliphatic rings. The third-order valence-electron chi connectivity index (χ3n) is 3.70. The largest absolute Gasteiger partial charge is 0.273 e. The molecule has 3 rings (SSSR count). The Bertz CT molecular complexity index is 617. The predicted octanol–water partition coefficient (Wildman–Crippen LogP) is 2.56. The lowest BCUT2D eigenvalue weighted by atomic mass is 10.1. The molecule has 0 fully saturated rings. The molecule has 1 aromatic heterocycles. The topological polar surface area (TPSA) is 66.2 Å². The summed E-state index contributed by atoms with van der Waals surface area (Å²) in [6.45, 7) is 2.06. The molecule has 0 aromatic carbocycles. The van der Waals surface area contributed by atoms with Crippen LogP contribution in [0.2, 0.25) is 0 Å². The Morgan fingerprint density at radius 2 is 2.10 bits per heavy atom. The third kappa shape index (κ3) is 3.44. The Hall–Kier alpha value is -1.82. The fourth-order valence-electron chi connectivity index (χ4n) is 2.47. The highest BCUT2D eigenvalue weighted by molar-refractivity contribution is 7.14. The van der Waals surface area contributed by atoms with Gasteiger partial charge in [0.2, 0.25) is 5.91 Å². The molecule has 0 saturated heterocycles. The van der Waals surface area contributed by atoms with Gasteiger partial charge in [0.05, 0.1) is 10.6 Å². The van der Waals surface area contributed by atoms with Crippen molar-refractivity contribution in [2.24, 2.45) is 15.1 Å². The third-order valence-corrected chi connectivity index (χ3v) is 4.89. The van der Waals surface area contributed by atoms with E-state index in [0.29, 0.717) is 6.42 Å². The summed E-state index contributed by atoms with van der Waals surface area (Å²) in [6.07, 6.45) is 7.87. The summed E-state index contributed by atoms with van der Waals surface area (Å²) < 4.78 is 0. The lowest BCUT2D eigenvalue weighted by molar-refractivity contribution is -0.121. The first kappa shape index (κ1) is 14.1. The summed E-state index contributed by atoms with van der Waals surface area (Å²) >= 11 is 1.76. The number of aryl methyl sites for hydroxylation is 1. The average molecular weight is 302 g/mol. The smallest absolute Gasteiger partial charge is 0.240 e. The van der Waals surface area contributed by atoms with E-state index >= 15 is 0 Å². The molecular formula is C15H18N4OS. The van der Waals surface area contributed by atoms with Crippen LogP contribution in [0.3, 0.4) is 0 Å². The summed E-state index contributed by atoms with van der Waals surface area (Å²) in [5, 5.41) is 4.14. The van der Waals surface area contributed by atoms with Crippen LogP contribution < -0.4 is 5.43 Å². The van der Waals surface area contributed by atoms with Gasteiger partial charge in [-0.05, 0) is 38.3 Å². The number of hydrogen-bond donors (Lipinski definition) is 1. The molecule has 110 valence electrons. The van der Waals surface area contributed by atoms with Crippen LogP contribution in [0, 0.1) is 0 Å². The van der Waals surface area contributed by atoms with Crippen molar-refractivity contribution in [1.29, 1.82) is 0 Å². The van der Waals surface area contributed by atoms with E-state index < -0.39 is 0 Å². The fourth-order valence-corrected chi connectivity index (χ4v) is 3.53. The standard InChI is InChI=1S/C15H18N4OS/c1-15(16-9-10-17-15)8-2-3-11-4-6-13(21-11)12-5-7-14(20)19-18-12/h4,6,9-10H,2-3,5,7-8H2,1H3,(H,19,20). The second-order valence-electron chi connectivity index (χ2n) is 5.49. The van der Waals surface area contributed by atoms with E-state index in [0.717, 1.165) is 36.3 Å². The lowest BCUT2D eigenvalue weighted by Crippen LogP contribution is -2.25. The number of carbonyl (C=O) groups excluding carboxylic acids is 1. The molecule has 0 atom stereocenters. The Morgan fingerprint density at radius 3 is 2.81 bits per heavy atom. The molecule has 0 bridgehead atoms. The first-order chi connectivity index (χ1) is 10.1. The Balaban J connectivity index is 1.55. The maximum atomic E-state index is 11.1. The van der Waals surface area contributed by atoms with Gasteiger partial charge in [-0.2, -0.15) is 5.10 Å². The van der Waals surface area contributed by atoms with Crippen LogP contribution >= 0.6 is 11.3 Å². The molecule has 1 aromatic rings. The van der Waals surface area contributed by atoms with Crippen LogP contribution in [0.4, 0.5) is 0 Å². The molecule has 0 spiro atoms. The minimum Gasteiger partial charge on any atom is -0.273 e. The zero-order valence-electron chi connectivity index (χ0n) is 12.0. The maximum absolute atomic E-state index is 11.1. The number of nitrogens with one attached hydrogen (secondary N) is 1. The number of rotatable bonds is 5. The van der Waals surface area contributed by atoms with Gasteiger partial charge in [0.25, 0.3) is 0 Å². The van der Waals surface area contributed by atoms with Crippen molar-refractivity contribution in [3.05, 3.63) is 21.9 Å². The molecule has 3 heterocycles. The minimum atomic E-state index is -0.252. The van der Waals surface area contributed by atoms with Crippen molar-refractivity contribution in [3.8, 4) is 0 Å². The molecule has 0 radical (unpaired) electrons. The van der Waals surface area contributed by atoms with Crippen molar-refractivity contribution >= 4 is 35.4 Å². The van der Waals surface area contributed by atoms with E-state index in [-0.39, 0.29) is 11.6 Å². The van der Waals surface area contributed by atoms with E-state index in [4.69, 9.17) is 0 Å². The minimum absolute atomic E-state index is 0.00134. The van der Waals surface area contributed by atoms with E-state index in [2.05, 4.69) is 39.6 Å². The number of aliphatic imine (C=N–C) groups is 2. The molecule has 21 heavy (non-hydrogen) atoms. The van der Waals surface area contributed by atoms with Gasteiger partial charge in [-0.3, -0.25) is 14.8 Å². The number of nitrogens with zero attached hydrogens (tertiary/aromatic N) is 3. The van der Waals surface area contributed by atoms with Gasteiger partial charge in [0, 0.05) is 30.1 Å². The number of hydrazone groups is 1. The number of carbonyl (C=O) groups is 1. The first-order valence-corrected chi connectivity index (χ1v) is 8.00. The van der Waals surface area contributed by atoms with Crippen LogP contribution in [0.25, 0.3) is 0 Å². The second-order valence-corrected chi connectivity index (χ2v) is 6.65. The number of hydrogen-bond acceptors (Lipinski definition) is 5. The molecule has 1 amide bonds. The van der Waals surface area contributed by atoms with Gasteiger partial charge < -0.3 is 0 Å². The van der Waals surface area contributed by atoms with E-state index in [1.54, 1.807) is 23.8 Å². The molecule has 0 unspecified atom stereocenters. The SMILES string of the molecule is CC1(CCCc2ccc(C3=NNC(=O)CC3)s2)N=CC=N1. The Kier molecular flexibility index (Phi) is 3.96. The van der Waals surface area contributed by atoms with Crippen molar-refractivity contribution in [2.45, 2.75) is 44.7 Å². The van der Waals surface area contributed by atoms with Crippen LogP contribution in [0.5, 0.6) is 0 Å². The van der Waals surface area contributed by atoms with Gasteiger partial charge in [-0.1, -0.05) is 0 Å². The maximum Gasteiger partial charge on any atom is 0.240 e. The molecule has 0 aliphatic carbocycles. The molecule has 2 aliphatic heterocycles. The quantitative estimate of drug-likeness (QED) is 0.892. The molecule has 1 N–H and O–H groups in total. The second kappa shape index (κ2) is 5.89. The number of amides is 1. The van der Waals surface area contributed by atoms with Crippen molar-refractivity contribution in [2.75, 3.05) is 0 Å². The molecular weight excluding hydrogens is 284 g/mol. The Morgan fingerprint density at radius 1 is 1.29 bits per heavy atom. The summed E-state index contributed by atoms with van der Waals surface area (Å²) in [7, 11) is 0. The van der Waals surface area contributed by atoms with E-state index in [9.17, 15) is 4.79 Å². The molecule has 5 nitrogen and oxygen atoms in total. The summed E-state index contributed by atoms with van der Waals surface area (Å²) in [5.74, 6) is 0.00134. The summed E-state index contributed by atoms with van der Waals surface area (Å²) in [6, 6.07) is 4.26. The molecule has 0 saturated carbocycles. The van der Waals surface area contributed by atoms with Gasteiger partial charge in [-0.25, -0.2) is 5.43 Å². The molecule has 6 heteroatoms. The zero-order chi connectivity index (χ0) is 14.7. The van der Waals surface area contributed by atoms with E-state index in [1.165, 1.54) is 4.88 Å². The van der Waals surface area contributed by atoms with Gasteiger partial charge >= 0.3 is 0 Å². The van der Waals surface area contributed by atoms with Crippen molar-refractivity contribution in [1.82, 2.24) is 5.43 Å². The number of thiophene rings is 1. The highest BCUT2D eigenvalue weighted by Crippen LogP contribution is 2.25. The Labute approximate surface area is 127 Å². The predicted molar refractivity (Wildman–Crippen MR) is 86.6 cm³/mol. The first-order valence-electron chi connectivity index (χ1n) is 7.18. The highest BCUT2D eigenvalue weighted by Gasteiger charge is 2.22. The van der Waals surface area contributed by atoms with Crippen LogP contribution in [0.1, 0.15) is 42.4 Å². The summed E-state index contributed by atoms with van der Waals surface area (Å²) in [4.78, 5) is 22.4. The monoisotopic (exact) mass is 302 g/mol. The zero-order valence-corrected chi connectivity index (χ0v) is 12.8. The normalized spacial score (nSPS) is 19.7. The fraction of sp³-hybridized carbons (Fsp3) is 0.467. The van der Waals surface area contributed by atoms with Crippen LogP contribution in [-0.2, 0) is 11.2 Å². The van der Waals surface area contributed by atoms with Crippen molar-refractivity contribution < 1.29 is 4.79 Å². The average Bonchev–Trinajstić information content (AvgIpc) is 3.10. The van der Waals surface area contributed by atoms with Crippen LogP contribution in [0.15, 0.2) is 27.2 Å². The lowest BCUT2D eigenvalue weighted by Gasteiger charge is -2.16. The highest BCUT2D eigenvalue weighted by atomic mass is 32.1. The van der Waals surface area contributed by atoms with Gasteiger partial charge in [-0.15, -0.1) is 11.3 Å². The van der Waals surface area contributed by atoms with Gasteiger partial charge in [0.1, 0.15) is 5.66 Å². The van der Waals surface area contributed by atoms with Gasteiger partial charge in [0.15, 0.2) is 0 Å². The van der Waals surface area contributed by atoms with Crippen LogP contribution in [-0.4, -0.2) is 29.7 Å².